The zero-order chi connectivity index (χ0) is 16.6. The summed E-state index contributed by atoms with van der Waals surface area (Å²) in [5.74, 6) is -0.323. The maximum atomic E-state index is 12.6. The van der Waals surface area contributed by atoms with Gasteiger partial charge in [0.15, 0.2) is 0 Å². The van der Waals surface area contributed by atoms with Crippen LogP contribution in [-0.2, 0) is 4.79 Å². The van der Waals surface area contributed by atoms with Crippen LogP contribution < -0.4 is 9.64 Å². The third-order valence-electron chi connectivity index (χ3n) is 3.55. The van der Waals surface area contributed by atoms with E-state index >= 15 is 0 Å². The molecule has 2 aromatic rings. The Balaban J connectivity index is 1.86. The molecule has 1 aliphatic heterocycles. The normalized spacial score (nSPS) is 16.1. The number of rotatable bonds is 4. The molecule has 1 saturated heterocycles. The van der Waals surface area contributed by atoms with Gasteiger partial charge in [-0.15, -0.1) is 5.10 Å². The fourth-order valence-corrected chi connectivity index (χ4v) is 3.42. The minimum absolute atomic E-state index is 0.00834. The van der Waals surface area contributed by atoms with Crippen molar-refractivity contribution in [2.45, 2.75) is 13.0 Å². The Hall–Kier alpha value is -2.00. The van der Waals surface area contributed by atoms with Gasteiger partial charge in [-0.2, -0.15) is 0 Å². The molecule has 1 aromatic carbocycles. The van der Waals surface area contributed by atoms with E-state index in [0.29, 0.717) is 5.19 Å². The van der Waals surface area contributed by atoms with Crippen molar-refractivity contribution in [2.24, 2.45) is 0 Å². The highest BCUT2D eigenvalue weighted by atomic mass is 79.9. The highest BCUT2D eigenvalue weighted by Crippen LogP contribution is 2.32. The van der Waals surface area contributed by atoms with Crippen LogP contribution in [0.4, 0.5) is 9.93 Å². The van der Waals surface area contributed by atoms with Crippen molar-refractivity contribution in [2.75, 3.05) is 18.6 Å². The molecule has 3 amide bonds. The predicted octanol–water partition coefficient (Wildman–Crippen LogP) is 2.84. The van der Waals surface area contributed by atoms with Crippen LogP contribution in [0.2, 0.25) is 0 Å². The number of ether oxygens (including phenoxy) is 1. The van der Waals surface area contributed by atoms with Crippen LogP contribution in [0.3, 0.4) is 0 Å². The van der Waals surface area contributed by atoms with Gasteiger partial charge in [0, 0.05) is 4.47 Å². The number of aromatic nitrogens is 2. The van der Waals surface area contributed by atoms with Crippen molar-refractivity contribution in [3.05, 3.63) is 34.3 Å². The fraction of sp³-hybridized carbons (Fsp3) is 0.286. The Morgan fingerprint density at radius 2 is 2.13 bits per heavy atom. The molecule has 0 aliphatic carbocycles. The number of hydrogen-bond acceptors (Lipinski definition) is 6. The molecule has 1 aromatic heterocycles. The Labute approximate surface area is 145 Å². The molecule has 120 valence electrons. The number of halogens is 1. The SMILES string of the molecule is COc1nnc(N2C(=O)CN([C@@H](C)c3cccc(Br)c3)C2=O)s1. The van der Waals surface area contributed by atoms with Crippen LogP contribution in [0.5, 0.6) is 5.19 Å². The molecule has 9 heteroatoms. The van der Waals surface area contributed by atoms with Crippen LogP contribution in [0.15, 0.2) is 28.7 Å². The fourth-order valence-electron chi connectivity index (χ4n) is 2.33. The van der Waals surface area contributed by atoms with Gasteiger partial charge in [0.05, 0.1) is 13.2 Å². The maximum Gasteiger partial charge on any atom is 0.334 e. The summed E-state index contributed by atoms with van der Waals surface area (Å²) >= 11 is 4.47. The summed E-state index contributed by atoms with van der Waals surface area (Å²) in [6, 6.07) is 7.02. The van der Waals surface area contributed by atoms with Crippen LogP contribution in [0.1, 0.15) is 18.5 Å². The van der Waals surface area contributed by atoms with Crippen LogP contribution in [0, 0.1) is 0 Å². The van der Waals surface area contributed by atoms with Gasteiger partial charge < -0.3 is 9.64 Å². The first-order valence-corrected chi connectivity index (χ1v) is 8.38. The molecule has 0 radical (unpaired) electrons. The van der Waals surface area contributed by atoms with Gasteiger partial charge in [-0.3, -0.25) is 4.79 Å². The molecule has 1 aliphatic rings. The van der Waals surface area contributed by atoms with Gasteiger partial charge in [0.25, 0.3) is 11.1 Å². The molecule has 2 heterocycles. The number of hydrogen-bond donors (Lipinski definition) is 0. The standard InChI is InChI=1S/C14H13BrN4O3S/c1-8(9-4-3-5-10(15)6-9)18-7-11(20)19(14(18)21)12-16-17-13(22-2)23-12/h3-6,8H,7H2,1-2H3/t8-/m0/s1. The topological polar surface area (TPSA) is 75.6 Å². The Morgan fingerprint density at radius 3 is 2.78 bits per heavy atom. The Kier molecular flexibility index (Phi) is 4.31. The van der Waals surface area contributed by atoms with E-state index in [1.165, 1.54) is 12.0 Å². The quantitative estimate of drug-likeness (QED) is 0.742. The van der Waals surface area contributed by atoms with Gasteiger partial charge >= 0.3 is 6.03 Å². The van der Waals surface area contributed by atoms with E-state index < -0.39 is 6.03 Å². The summed E-state index contributed by atoms with van der Waals surface area (Å²) in [5.41, 5.74) is 0.942. The van der Waals surface area contributed by atoms with Crippen LogP contribution in [0.25, 0.3) is 0 Å². The van der Waals surface area contributed by atoms with Gasteiger partial charge in [0.1, 0.15) is 6.54 Å². The smallest absolute Gasteiger partial charge is 0.334 e. The van der Waals surface area contributed by atoms with E-state index in [9.17, 15) is 9.59 Å². The molecular weight excluding hydrogens is 384 g/mol. The van der Waals surface area contributed by atoms with E-state index in [4.69, 9.17) is 4.74 Å². The van der Waals surface area contributed by atoms with Gasteiger partial charge in [-0.05, 0) is 36.0 Å². The van der Waals surface area contributed by atoms with Crippen molar-refractivity contribution >= 4 is 44.3 Å². The van der Waals surface area contributed by atoms with E-state index in [2.05, 4.69) is 26.1 Å². The van der Waals surface area contributed by atoms with Crippen LogP contribution >= 0.6 is 27.3 Å². The Morgan fingerprint density at radius 1 is 1.35 bits per heavy atom. The van der Waals surface area contributed by atoms with Crippen molar-refractivity contribution < 1.29 is 14.3 Å². The lowest BCUT2D eigenvalue weighted by molar-refractivity contribution is -0.116. The molecular formula is C14H13BrN4O3S. The first-order chi connectivity index (χ1) is 11.0. The number of nitrogens with zero attached hydrogens (tertiary/aromatic N) is 4. The highest BCUT2D eigenvalue weighted by molar-refractivity contribution is 9.10. The number of imide groups is 1. The largest absolute Gasteiger partial charge is 0.472 e. The molecule has 0 unspecified atom stereocenters. The average molecular weight is 397 g/mol. The third-order valence-corrected chi connectivity index (χ3v) is 4.92. The summed E-state index contributed by atoms with van der Waals surface area (Å²) in [4.78, 5) is 27.4. The molecule has 7 nitrogen and oxygen atoms in total. The average Bonchev–Trinajstić information content (AvgIpc) is 3.11. The summed E-state index contributed by atoms with van der Waals surface area (Å²) < 4.78 is 5.88. The number of carbonyl (C=O) groups is 2. The summed E-state index contributed by atoms with van der Waals surface area (Å²) in [6.07, 6.45) is 0. The number of amides is 3. The second kappa shape index (κ2) is 6.25. The van der Waals surface area contributed by atoms with Crippen molar-refractivity contribution in [1.29, 1.82) is 0 Å². The zero-order valence-electron chi connectivity index (χ0n) is 12.4. The number of benzene rings is 1. The number of urea groups is 1. The first-order valence-electron chi connectivity index (χ1n) is 6.77. The first kappa shape index (κ1) is 15.9. The van der Waals surface area contributed by atoms with Gasteiger partial charge in [-0.1, -0.05) is 33.2 Å². The summed E-state index contributed by atoms with van der Waals surface area (Å²) in [6.45, 7) is 1.89. The van der Waals surface area contributed by atoms with E-state index in [-0.39, 0.29) is 23.6 Å². The van der Waals surface area contributed by atoms with Gasteiger partial charge in [0.2, 0.25) is 5.13 Å². The minimum Gasteiger partial charge on any atom is -0.472 e. The summed E-state index contributed by atoms with van der Waals surface area (Å²) in [5, 5.41) is 8.14. The molecule has 23 heavy (non-hydrogen) atoms. The highest BCUT2D eigenvalue weighted by Gasteiger charge is 2.41. The molecule has 0 saturated carbocycles. The molecule has 0 spiro atoms. The number of methoxy groups -OCH3 is 1. The third kappa shape index (κ3) is 2.93. The number of carbonyl (C=O) groups excluding carboxylic acids is 2. The molecule has 0 N–H and O–H groups in total. The number of anilines is 1. The van der Waals surface area contributed by atoms with E-state index in [1.807, 2.05) is 31.2 Å². The van der Waals surface area contributed by atoms with Crippen molar-refractivity contribution in [3.63, 3.8) is 0 Å². The second-order valence-electron chi connectivity index (χ2n) is 4.93. The molecule has 1 fully saturated rings. The van der Waals surface area contributed by atoms with Crippen molar-refractivity contribution in [3.8, 4) is 5.19 Å². The zero-order valence-corrected chi connectivity index (χ0v) is 14.8. The Bertz CT molecular complexity index is 766. The van der Waals surface area contributed by atoms with Gasteiger partial charge in [-0.25, -0.2) is 9.69 Å². The lowest BCUT2D eigenvalue weighted by Crippen LogP contribution is -2.34. The minimum atomic E-state index is -0.402. The van der Waals surface area contributed by atoms with E-state index in [0.717, 1.165) is 26.3 Å². The van der Waals surface area contributed by atoms with E-state index in [1.54, 1.807) is 0 Å². The molecule has 3 rings (SSSR count). The predicted molar refractivity (Wildman–Crippen MR) is 88.6 cm³/mol. The molecule has 1 atom stereocenters. The maximum absolute atomic E-state index is 12.6. The van der Waals surface area contributed by atoms with Crippen LogP contribution in [-0.4, -0.2) is 40.7 Å². The second-order valence-corrected chi connectivity index (χ2v) is 6.76. The summed E-state index contributed by atoms with van der Waals surface area (Å²) in [7, 11) is 1.46. The molecule has 0 bridgehead atoms. The van der Waals surface area contributed by atoms with Crippen molar-refractivity contribution in [1.82, 2.24) is 15.1 Å². The monoisotopic (exact) mass is 396 g/mol. The lowest BCUT2D eigenvalue weighted by atomic mass is 10.1. The lowest BCUT2D eigenvalue weighted by Gasteiger charge is -2.23.